The van der Waals surface area contributed by atoms with Crippen LogP contribution in [0.4, 0.5) is 0 Å². The topological polar surface area (TPSA) is 64.1 Å². The molecule has 4 saturated carbocycles. The maximum absolute atomic E-state index is 13.9. The largest absolute Gasteiger partial charge is 0.300 e. The zero-order valence-corrected chi connectivity index (χ0v) is 21.0. The first kappa shape index (κ1) is 23.3. The van der Waals surface area contributed by atoms with E-state index in [0.717, 1.165) is 36.5 Å². The summed E-state index contributed by atoms with van der Waals surface area (Å²) in [5.41, 5.74) is -0.411. The molecule has 1 aromatic rings. The van der Waals surface area contributed by atoms with Crippen LogP contribution in [0.25, 0.3) is 0 Å². The predicted octanol–water partition coefficient (Wildman–Crippen LogP) is 5.79. The minimum absolute atomic E-state index is 0.0160. The number of aromatic nitrogens is 1. The Morgan fingerprint density at radius 2 is 1.91 bits per heavy atom. The number of thioether (sulfide) groups is 1. The monoisotopic (exact) mass is 467 g/mol. The lowest BCUT2D eigenvalue weighted by molar-refractivity contribution is -0.166. The van der Waals surface area contributed by atoms with E-state index >= 15 is 0 Å². The standard InChI is InChI=1S/C28H37NO3S/c1-17(10-13-33-25-6-4-5-12-29-25)20-7-8-21-26-22(16-24(32)28(20,21)3)27(2)11-9-19(30)14-18(27)15-23(26)31/h4-6,12,17-18,20-22,26H,7-11,13-16H2,1-3H3/t17-,18-,20-,21+,22+,26+,27+,28-/m1/s1. The predicted molar refractivity (Wildman–Crippen MR) is 130 cm³/mol. The fourth-order valence-corrected chi connectivity index (χ4v) is 9.38. The molecule has 0 N–H and O–H groups in total. The SMILES string of the molecule is C[C@H](CCSc1ccccn1)[C@H]1CC[C@H]2[C@@H]3C(=O)C[C@H]4CC(=O)CC[C@]4(C)[C@H]3CC(=O)[C@]12C. The van der Waals surface area contributed by atoms with Crippen LogP contribution in [0.2, 0.25) is 0 Å². The van der Waals surface area contributed by atoms with Crippen LogP contribution in [-0.2, 0) is 14.4 Å². The number of pyridine rings is 1. The van der Waals surface area contributed by atoms with Crippen LogP contribution in [0.15, 0.2) is 29.4 Å². The van der Waals surface area contributed by atoms with E-state index in [2.05, 4.69) is 31.8 Å². The van der Waals surface area contributed by atoms with Crippen LogP contribution >= 0.6 is 11.8 Å². The number of hydrogen-bond donors (Lipinski definition) is 0. The van der Waals surface area contributed by atoms with Gasteiger partial charge in [0.05, 0.1) is 5.03 Å². The van der Waals surface area contributed by atoms with Crippen LogP contribution in [0.1, 0.15) is 72.1 Å². The quantitative estimate of drug-likeness (QED) is 0.513. The van der Waals surface area contributed by atoms with Gasteiger partial charge in [0.25, 0.3) is 0 Å². The average Bonchev–Trinajstić information content (AvgIpc) is 3.15. The molecule has 4 fully saturated rings. The highest BCUT2D eigenvalue weighted by Crippen LogP contribution is 2.66. The van der Waals surface area contributed by atoms with Crippen LogP contribution in [-0.4, -0.2) is 28.1 Å². The minimum Gasteiger partial charge on any atom is -0.300 e. The Labute approximate surface area is 202 Å². The molecule has 0 aliphatic heterocycles. The lowest BCUT2D eigenvalue weighted by atomic mass is 9.44. The summed E-state index contributed by atoms with van der Waals surface area (Å²) in [6, 6.07) is 6.01. The lowest BCUT2D eigenvalue weighted by Gasteiger charge is -2.58. The lowest BCUT2D eigenvalue weighted by Crippen LogP contribution is -2.60. The summed E-state index contributed by atoms with van der Waals surface area (Å²) in [5, 5.41) is 1.05. The molecule has 4 aliphatic carbocycles. The van der Waals surface area contributed by atoms with E-state index in [4.69, 9.17) is 0 Å². The Hall–Kier alpha value is -1.49. The van der Waals surface area contributed by atoms with E-state index in [1.165, 1.54) is 0 Å². The van der Waals surface area contributed by atoms with Crippen LogP contribution in [0.5, 0.6) is 0 Å². The molecular weight excluding hydrogens is 430 g/mol. The molecule has 8 atom stereocenters. The fraction of sp³-hybridized carbons (Fsp3) is 0.714. The summed E-state index contributed by atoms with van der Waals surface area (Å²) >= 11 is 1.79. The van der Waals surface area contributed by atoms with Crippen LogP contribution in [0.3, 0.4) is 0 Å². The third-order valence-corrected chi connectivity index (χ3v) is 11.3. The van der Waals surface area contributed by atoms with Gasteiger partial charge in [-0.1, -0.05) is 26.8 Å². The zero-order chi connectivity index (χ0) is 23.4. The van der Waals surface area contributed by atoms with Gasteiger partial charge < -0.3 is 0 Å². The maximum atomic E-state index is 13.9. The molecule has 0 radical (unpaired) electrons. The normalized spacial score (nSPS) is 41.3. The number of Topliss-reactive ketones (excluding diaryl/α,β-unsaturated/α-hetero) is 3. The van der Waals surface area contributed by atoms with Crippen LogP contribution in [0, 0.1) is 46.3 Å². The first-order valence-electron chi connectivity index (χ1n) is 12.9. The number of carbonyl (C=O) groups excluding carboxylic acids is 3. The summed E-state index contributed by atoms with van der Waals surface area (Å²) in [6.45, 7) is 6.79. The second-order valence-electron chi connectivity index (χ2n) is 11.7. The van der Waals surface area contributed by atoms with Gasteiger partial charge in [-0.2, -0.15) is 0 Å². The number of fused-ring (bicyclic) bond motifs is 5. The number of nitrogens with zero attached hydrogens (tertiary/aromatic N) is 1. The van der Waals surface area contributed by atoms with Crippen molar-refractivity contribution in [2.24, 2.45) is 46.3 Å². The summed E-state index contributed by atoms with van der Waals surface area (Å²) in [5.74, 6) is 3.33. The van der Waals surface area contributed by atoms with Crippen molar-refractivity contribution >= 4 is 29.1 Å². The molecular formula is C28H37NO3S. The van der Waals surface area contributed by atoms with E-state index in [1.54, 1.807) is 11.8 Å². The number of rotatable bonds is 5. The van der Waals surface area contributed by atoms with Gasteiger partial charge in [-0.25, -0.2) is 4.98 Å². The molecule has 1 heterocycles. The van der Waals surface area contributed by atoms with Gasteiger partial charge in [0, 0.05) is 43.2 Å². The molecule has 0 saturated heterocycles. The van der Waals surface area contributed by atoms with Gasteiger partial charge in [0.2, 0.25) is 0 Å². The molecule has 0 amide bonds. The summed E-state index contributed by atoms with van der Waals surface area (Å²) in [7, 11) is 0. The summed E-state index contributed by atoms with van der Waals surface area (Å²) < 4.78 is 0. The van der Waals surface area contributed by atoms with Crippen LogP contribution < -0.4 is 0 Å². The van der Waals surface area contributed by atoms with E-state index in [-0.39, 0.29) is 34.5 Å². The Morgan fingerprint density at radius 1 is 1.09 bits per heavy atom. The van der Waals surface area contributed by atoms with Crippen molar-refractivity contribution in [1.29, 1.82) is 0 Å². The molecule has 5 rings (SSSR count). The van der Waals surface area contributed by atoms with Gasteiger partial charge in [0.15, 0.2) is 0 Å². The molecule has 0 aromatic carbocycles. The molecule has 0 bridgehead atoms. The first-order chi connectivity index (χ1) is 15.7. The van der Waals surface area contributed by atoms with Gasteiger partial charge in [0.1, 0.15) is 17.3 Å². The molecule has 0 spiro atoms. The number of ketones is 3. The van der Waals surface area contributed by atoms with E-state index in [0.29, 0.717) is 54.9 Å². The van der Waals surface area contributed by atoms with Crippen molar-refractivity contribution in [3.05, 3.63) is 24.4 Å². The molecule has 0 unspecified atom stereocenters. The highest BCUT2D eigenvalue weighted by molar-refractivity contribution is 7.99. The Morgan fingerprint density at radius 3 is 2.67 bits per heavy atom. The highest BCUT2D eigenvalue weighted by atomic mass is 32.2. The average molecular weight is 468 g/mol. The Bertz CT molecular complexity index is 948. The second kappa shape index (κ2) is 8.62. The fourth-order valence-electron chi connectivity index (χ4n) is 8.37. The molecule has 4 nitrogen and oxygen atoms in total. The van der Waals surface area contributed by atoms with Gasteiger partial charge >= 0.3 is 0 Å². The minimum atomic E-state index is -0.375. The summed E-state index contributed by atoms with van der Waals surface area (Å²) in [4.78, 5) is 43.9. The third kappa shape index (κ3) is 3.73. The molecule has 1 aromatic heterocycles. The first-order valence-corrected chi connectivity index (χ1v) is 13.8. The number of hydrogen-bond acceptors (Lipinski definition) is 5. The second-order valence-corrected chi connectivity index (χ2v) is 12.8. The summed E-state index contributed by atoms with van der Waals surface area (Å²) in [6.07, 6.45) is 8.04. The molecule has 178 valence electrons. The van der Waals surface area contributed by atoms with Crippen molar-refractivity contribution in [1.82, 2.24) is 4.98 Å². The molecule has 33 heavy (non-hydrogen) atoms. The van der Waals surface area contributed by atoms with E-state index in [9.17, 15) is 14.4 Å². The van der Waals surface area contributed by atoms with Gasteiger partial charge in [-0.05, 0) is 78.6 Å². The molecule has 4 aliphatic rings. The smallest absolute Gasteiger partial charge is 0.139 e. The van der Waals surface area contributed by atoms with Gasteiger partial charge in [-0.15, -0.1) is 11.8 Å². The van der Waals surface area contributed by atoms with Crippen molar-refractivity contribution in [3.63, 3.8) is 0 Å². The highest BCUT2D eigenvalue weighted by Gasteiger charge is 2.66. The maximum Gasteiger partial charge on any atom is 0.139 e. The van der Waals surface area contributed by atoms with E-state index in [1.807, 2.05) is 18.3 Å². The van der Waals surface area contributed by atoms with Crippen molar-refractivity contribution in [2.75, 3.05) is 5.75 Å². The number of carbonyl (C=O) groups is 3. The zero-order valence-electron chi connectivity index (χ0n) is 20.2. The Balaban J connectivity index is 1.33. The molecule has 5 heteroatoms. The van der Waals surface area contributed by atoms with Crippen molar-refractivity contribution in [3.8, 4) is 0 Å². The van der Waals surface area contributed by atoms with Crippen molar-refractivity contribution in [2.45, 2.75) is 77.2 Å². The van der Waals surface area contributed by atoms with Gasteiger partial charge in [-0.3, -0.25) is 14.4 Å². The third-order valence-electron chi connectivity index (χ3n) is 10.4. The Kier molecular flexibility index (Phi) is 6.08. The van der Waals surface area contributed by atoms with Crippen molar-refractivity contribution < 1.29 is 14.4 Å². The van der Waals surface area contributed by atoms with E-state index < -0.39 is 0 Å².